The summed E-state index contributed by atoms with van der Waals surface area (Å²) in [6.45, 7) is 2.48. The van der Waals surface area contributed by atoms with Gasteiger partial charge in [-0.15, -0.1) is 0 Å². The predicted octanol–water partition coefficient (Wildman–Crippen LogP) is 0.477. The van der Waals surface area contributed by atoms with Crippen LogP contribution in [0.1, 0.15) is 13.3 Å². The summed E-state index contributed by atoms with van der Waals surface area (Å²) < 4.78 is 15.3. The van der Waals surface area contributed by atoms with Crippen LogP contribution in [-0.2, 0) is 19.0 Å². The summed E-state index contributed by atoms with van der Waals surface area (Å²) in [4.78, 5) is 11.3. The van der Waals surface area contributed by atoms with Gasteiger partial charge in [0.1, 0.15) is 0 Å². The normalized spacial score (nSPS) is 30.6. The van der Waals surface area contributed by atoms with Crippen molar-refractivity contribution in [1.29, 1.82) is 0 Å². The molecule has 1 saturated heterocycles. The Labute approximate surface area is 95.0 Å². The van der Waals surface area contributed by atoms with E-state index in [0.717, 1.165) is 6.42 Å². The second kappa shape index (κ2) is 5.98. The number of rotatable bonds is 4. The van der Waals surface area contributed by atoms with Gasteiger partial charge in [-0.2, -0.15) is 0 Å². The van der Waals surface area contributed by atoms with Gasteiger partial charge in [0.2, 0.25) is 0 Å². The highest BCUT2D eigenvalue weighted by Gasteiger charge is 2.41. The molecule has 1 heterocycles. The molecule has 92 valence electrons. The minimum Gasteiger partial charge on any atom is -0.465 e. The number of carbonyl (C=O) groups is 1. The third kappa shape index (κ3) is 3.30. The van der Waals surface area contributed by atoms with Crippen LogP contribution in [-0.4, -0.2) is 43.8 Å². The maximum atomic E-state index is 11.3. The molecule has 16 heavy (non-hydrogen) atoms. The van der Waals surface area contributed by atoms with E-state index in [0.29, 0.717) is 13.2 Å². The van der Waals surface area contributed by atoms with E-state index in [4.69, 9.17) is 14.6 Å². The molecule has 0 aromatic heterocycles. The van der Waals surface area contributed by atoms with E-state index < -0.39 is 11.8 Å². The highest BCUT2D eigenvalue weighted by Crippen LogP contribution is 2.24. The van der Waals surface area contributed by atoms with E-state index in [2.05, 4.69) is 4.74 Å². The summed E-state index contributed by atoms with van der Waals surface area (Å²) >= 11 is 0. The lowest BCUT2D eigenvalue weighted by atomic mass is 10.1. The molecule has 0 aromatic carbocycles. The van der Waals surface area contributed by atoms with E-state index in [1.54, 1.807) is 13.0 Å². The maximum absolute atomic E-state index is 11.3. The van der Waals surface area contributed by atoms with Crippen molar-refractivity contribution in [3.8, 4) is 0 Å². The molecular formula is C11H18O5. The summed E-state index contributed by atoms with van der Waals surface area (Å²) in [7, 11) is 1.30. The average molecular weight is 230 g/mol. The number of ether oxygens (including phenoxy) is 3. The van der Waals surface area contributed by atoms with Gasteiger partial charge in [-0.05, 0) is 6.42 Å². The molecule has 0 aliphatic carbocycles. The van der Waals surface area contributed by atoms with Crippen LogP contribution in [0.3, 0.4) is 0 Å². The number of aliphatic hydroxyl groups excluding tert-OH is 1. The number of methoxy groups -OCH3 is 1. The number of carbonyl (C=O) groups excluding carboxylic acids is 1. The van der Waals surface area contributed by atoms with Gasteiger partial charge >= 0.3 is 5.97 Å². The average Bonchev–Trinajstić information content (AvgIpc) is 2.31. The lowest BCUT2D eigenvalue weighted by Crippen LogP contribution is -2.48. The standard InChI is InChI=1S/C11H18O5/c1-11(10(13)14-2)15-7-9(8-16-11)5-3-4-6-12/h3-4,9,12H,5-8H2,1-2H3/b4-3-/t9-,11+. The molecule has 1 aliphatic heterocycles. The van der Waals surface area contributed by atoms with Gasteiger partial charge in [-0.25, -0.2) is 4.79 Å². The molecule has 0 bridgehead atoms. The zero-order valence-corrected chi connectivity index (χ0v) is 9.64. The summed E-state index contributed by atoms with van der Waals surface area (Å²) in [6, 6.07) is 0. The van der Waals surface area contributed by atoms with E-state index in [-0.39, 0.29) is 12.5 Å². The molecule has 0 amide bonds. The molecule has 1 rings (SSSR count). The number of hydrogen-bond acceptors (Lipinski definition) is 5. The van der Waals surface area contributed by atoms with Gasteiger partial charge in [0, 0.05) is 12.8 Å². The van der Waals surface area contributed by atoms with Crippen LogP contribution in [0.5, 0.6) is 0 Å². The lowest BCUT2D eigenvalue weighted by Gasteiger charge is -2.34. The van der Waals surface area contributed by atoms with Gasteiger partial charge in [0.25, 0.3) is 5.79 Å². The van der Waals surface area contributed by atoms with E-state index in [1.807, 2.05) is 6.08 Å². The fraction of sp³-hybridized carbons (Fsp3) is 0.727. The second-order valence-electron chi connectivity index (χ2n) is 3.82. The van der Waals surface area contributed by atoms with Crippen LogP contribution in [0.25, 0.3) is 0 Å². The van der Waals surface area contributed by atoms with Crippen LogP contribution in [0.2, 0.25) is 0 Å². The Morgan fingerprint density at radius 3 is 2.62 bits per heavy atom. The first-order valence-electron chi connectivity index (χ1n) is 5.24. The first-order chi connectivity index (χ1) is 7.62. The first-order valence-corrected chi connectivity index (χ1v) is 5.24. The molecule has 0 spiro atoms. The van der Waals surface area contributed by atoms with Gasteiger partial charge in [-0.3, -0.25) is 0 Å². The highest BCUT2D eigenvalue weighted by atomic mass is 16.7. The predicted molar refractivity (Wildman–Crippen MR) is 56.7 cm³/mol. The Morgan fingerprint density at radius 1 is 1.50 bits per heavy atom. The highest BCUT2D eigenvalue weighted by molar-refractivity contribution is 5.77. The van der Waals surface area contributed by atoms with Gasteiger partial charge in [-0.1, -0.05) is 12.2 Å². The van der Waals surface area contributed by atoms with Crippen molar-refractivity contribution in [2.45, 2.75) is 19.1 Å². The number of esters is 1. The van der Waals surface area contributed by atoms with Gasteiger partial charge in [0.05, 0.1) is 26.9 Å². The Bertz CT molecular complexity index is 253. The Hall–Kier alpha value is -0.910. The zero-order valence-electron chi connectivity index (χ0n) is 9.64. The smallest absolute Gasteiger partial charge is 0.366 e. The zero-order chi connectivity index (χ0) is 12.0. The number of allylic oxidation sites excluding steroid dienone is 1. The third-order valence-corrected chi connectivity index (χ3v) is 2.49. The summed E-state index contributed by atoms with van der Waals surface area (Å²) in [5.74, 6) is -1.58. The van der Waals surface area contributed by atoms with Crippen LogP contribution in [0.4, 0.5) is 0 Å². The summed E-state index contributed by atoms with van der Waals surface area (Å²) in [5, 5.41) is 8.57. The fourth-order valence-electron chi connectivity index (χ4n) is 1.45. The van der Waals surface area contributed by atoms with Crippen molar-refractivity contribution >= 4 is 5.97 Å². The van der Waals surface area contributed by atoms with Crippen molar-refractivity contribution in [2.24, 2.45) is 5.92 Å². The van der Waals surface area contributed by atoms with Crippen LogP contribution in [0, 0.1) is 5.92 Å². The summed E-state index contributed by atoms with van der Waals surface area (Å²) in [6.07, 6.45) is 4.31. The van der Waals surface area contributed by atoms with Crippen molar-refractivity contribution < 1.29 is 24.1 Å². The quantitative estimate of drug-likeness (QED) is 0.562. The molecule has 5 nitrogen and oxygen atoms in total. The van der Waals surface area contributed by atoms with E-state index in [1.165, 1.54) is 7.11 Å². The van der Waals surface area contributed by atoms with Crippen LogP contribution < -0.4 is 0 Å². The monoisotopic (exact) mass is 230 g/mol. The largest absolute Gasteiger partial charge is 0.465 e. The number of aliphatic hydroxyl groups is 1. The SMILES string of the molecule is COC(=O)[C@]1(C)OC[C@H](C/C=C\CO)CO1. The molecule has 1 aliphatic rings. The summed E-state index contributed by atoms with van der Waals surface area (Å²) in [5.41, 5.74) is 0. The Kier molecular flexibility index (Phi) is 4.92. The fourth-order valence-corrected chi connectivity index (χ4v) is 1.45. The van der Waals surface area contributed by atoms with Crippen molar-refractivity contribution in [3.63, 3.8) is 0 Å². The van der Waals surface area contributed by atoms with E-state index in [9.17, 15) is 4.79 Å². The molecule has 0 atom stereocenters. The van der Waals surface area contributed by atoms with Gasteiger partial charge < -0.3 is 19.3 Å². The maximum Gasteiger partial charge on any atom is 0.366 e. The van der Waals surface area contributed by atoms with Crippen LogP contribution >= 0.6 is 0 Å². The lowest BCUT2D eigenvalue weighted by molar-refractivity contribution is -0.271. The Morgan fingerprint density at radius 2 is 2.12 bits per heavy atom. The van der Waals surface area contributed by atoms with Crippen molar-refractivity contribution in [3.05, 3.63) is 12.2 Å². The molecule has 0 aromatic rings. The van der Waals surface area contributed by atoms with Crippen LogP contribution in [0.15, 0.2) is 12.2 Å². The first kappa shape index (κ1) is 13.2. The van der Waals surface area contributed by atoms with Crippen molar-refractivity contribution in [2.75, 3.05) is 26.9 Å². The van der Waals surface area contributed by atoms with E-state index >= 15 is 0 Å². The molecule has 5 heteroatoms. The molecule has 0 radical (unpaired) electrons. The van der Waals surface area contributed by atoms with Crippen molar-refractivity contribution in [1.82, 2.24) is 0 Å². The minimum atomic E-state index is -1.27. The minimum absolute atomic E-state index is 0.0360. The molecule has 0 saturated carbocycles. The molecule has 0 unspecified atom stereocenters. The Balaban J connectivity index is 2.38. The molecular weight excluding hydrogens is 212 g/mol. The number of hydrogen-bond donors (Lipinski definition) is 1. The second-order valence-corrected chi connectivity index (χ2v) is 3.82. The topological polar surface area (TPSA) is 65.0 Å². The molecule has 1 fully saturated rings. The third-order valence-electron chi connectivity index (χ3n) is 2.49. The van der Waals surface area contributed by atoms with Gasteiger partial charge in [0.15, 0.2) is 0 Å². The molecule has 1 N–H and O–H groups in total.